The van der Waals surface area contributed by atoms with Crippen LogP contribution in [0.5, 0.6) is 0 Å². The SMILES string of the molecule is Cc1ccc([C@]23C[C@@H](O)[C@H](O)[C@](C(C)(C)O)(CO2)O3)cc1Cc1ccc(CCCC(=O)O)cc1. The van der Waals surface area contributed by atoms with Crippen LogP contribution in [-0.2, 0) is 32.9 Å². The van der Waals surface area contributed by atoms with Gasteiger partial charge in [-0.2, -0.15) is 0 Å². The maximum Gasteiger partial charge on any atom is 0.303 e. The molecule has 0 unspecified atom stereocenters. The van der Waals surface area contributed by atoms with E-state index in [9.17, 15) is 20.1 Å². The molecular weight excluding hydrogens is 436 g/mol. The molecule has 4 atom stereocenters. The number of fused-ring (bicyclic) bond motifs is 2. The zero-order chi connectivity index (χ0) is 24.7. The maximum atomic E-state index is 10.8. The first-order chi connectivity index (χ1) is 16.0. The average Bonchev–Trinajstić information content (AvgIpc) is 3.12. The Morgan fingerprint density at radius 3 is 2.44 bits per heavy atom. The van der Waals surface area contributed by atoms with Crippen LogP contribution >= 0.6 is 0 Å². The first kappa shape index (κ1) is 24.8. The Kier molecular flexibility index (Phi) is 6.61. The molecule has 0 spiro atoms. The molecule has 0 aliphatic carbocycles. The van der Waals surface area contributed by atoms with Crippen LogP contribution in [0.2, 0.25) is 0 Å². The van der Waals surface area contributed by atoms with Crippen molar-refractivity contribution in [3.8, 4) is 0 Å². The molecule has 4 rings (SSSR count). The van der Waals surface area contributed by atoms with Gasteiger partial charge in [-0.1, -0.05) is 36.4 Å². The van der Waals surface area contributed by atoms with Gasteiger partial charge >= 0.3 is 5.97 Å². The number of aliphatic hydroxyl groups is 3. The summed E-state index contributed by atoms with van der Waals surface area (Å²) in [6.45, 7) is 5.12. The molecule has 2 aromatic carbocycles. The van der Waals surface area contributed by atoms with Gasteiger partial charge in [-0.3, -0.25) is 4.79 Å². The molecule has 0 radical (unpaired) electrons. The molecule has 7 heteroatoms. The molecular formula is C27H34O7. The highest BCUT2D eigenvalue weighted by molar-refractivity contribution is 5.66. The zero-order valence-electron chi connectivity index (χ0n) is 20.0. The Bertz CT molecular complexity index is 1040. The average molecular weight is 471 g/mol. The predicted octanol–water partition coefficient (Wildman–Crippen LogP) is 2.83. The number of carboxylic acids is 1. The van der Waals surface area contributed by atoms with Crippen molar-refractivity contribution in [2.45, 2.75) is 82.1 Å². The highest BCUT2D eigenvalue weighted by atomic mass is 16.8. The number of rotatable bonds is 8. The first-order valence-corrected chi connectivity index (χ1v) is 11.8. The molecule has 7 nitrogen and oxygen atoms in total. The second-order valence-corrected chi connectivity index (χ2v) is 10.2. The lowest BCUT2D eigenvalue weighted by Gasteiger charge is -2.48. The minimum atomic E-state index is -1.42. The lowest BCUT2D eigenvalue weighted by molar-refractivity contribution is -0.308. The van der Waals surface area contributed by atoms with Gasteiger partial charge in [0.25, 0.3) is 0 Å². The van der Waals surface area contributed by atoms with Gasteiger partial charge in [0.1, 0.15) is 6.10 Å². The van der Waals surface area contributed by atoms with E-state index in [2.05, 4.69) is 12.1 Å². The molecule has 2 aliphatic heterocycles. The van der Waals surface area contributed by atoms with Crippen molar-refractivity contribution in [2.75, 3.05) is 6.61 Å². The van der Waals surface area contributed by atoms with Gasteiger partial charge in [-0.05, 0) is 68.4 Å². The summed E-state index contributed by atoms with van der Waals surface area (Å²) in [5, 5.41) is 40.9. The quantitative estimate of drug-likeness (QED) is 0.469. The second kappa shape index (κ2) is 9.06. The summed E-state index contributed by atoms with van der Waals surface area (Å²) in [5.41, 5.74) is 2.32. The van der Waals surface area contributed by atoms with Crippen LogP contribution in [-0.4, -0.2) is 56.4 Å². The summed E-state index contributed by atoms with van der Waals surface area (Å²) in [4.78, 5) is 10.7. The van der Waals surface area contributed by atoms with E-state index in [0.717, 1.165) is 34.2 Å². The van der Waals surface area contributed by atoms with Crippen molar-refractivity contribution < 1.29 is 34.7 Å². The molecule has 2 bridgehead atoms. The number of aliphatic carboxylic acids is 1. The van der Waals surface area contributed by atoms with Crippen molar-refractivity contribution in [1.82, 2.24) is 0 Å². The van der Waals surface area contributed by atoms with E-state index in [4.69, 9.17) is 14.6 Å². The summed E-state index contributed by atoms with van der Waals surface area (Å²) in [7, 11) is 0. The van der Waals surface area contributed by atoms with E-state index < -0.39 is 35.2 Å². The smallest absolute Gasteiger partial charge is 0.303 e. The van der Waals surface area contributed by atoms with Gasteiger partial charge in [-0.15, -0.1) is 0 Å². The molecule has 2 heterocycles. The Morgan fingerprint density at radius 1 is 1.12 bits per heavy atom. The third-order valence-corrected chi connectivity index (χ3v) is 7.29. The highest BCUT2D eigenvalue weighted by Gasteiger charge is 2.67. The lowest BCUT2D eigenvalue weighted by Crippen LogP contribution is -2.66. The molecule has 2 aromatic rings. The number of hydrogen-bond acceptors (Lipinski definition) is 6. The molecule has 34 heavy (non-hydrogen) atoms. The van der Waals surface area contributed by atoms with Gasteiger partial charge in [0.05, 0.1) is 18.3 Å². The summed E-state index contributed by atoms with van der Waals surface area (Å²) in [6.07, 6.45) is -0.0877. The lowest BCUT2D eigenvalue weighted by atomic mass is 9.76. The maximum absolute atomic E-state index is 10.8. The van der Waals surface area contributed by atoms with E-state index in [1.54, 1.807) is 13.8 Å². The summed E-state index contributed by atoms with van der Waals surface area (Å²) >= 11 is 0. The van der Waals surface area contributed by atoms with Crippen molar-refractivity contribution >= 4 is 5.97 Å². The largest absolute Gasteiger partial charge is 0.481 e. The van der Waals surface area contributed by atoms with E-state index in [0.29, 0.717) is 12.8 Å². The minimum absolute atomic E-state index is 0.0265. The van der Waals surface area contributed by atoms with Gasteiger partial charge in [0.2, 0.25) is 0 Å². The van der Waals surface area contributed by atoms with Crippen molar-refractivity contribution in [3.05, 3.63) is 70.3 Å². The Morgan fingerprint density at radius 2 is 1.79 bits per heavy atom. The van der Waals surface area contributed by atoms with Gasteiger partial charge < -0.3 is 29.9 Å². The number of ether oxygens (including phenoxy) is 2. The fourth-order valence-corrected chi connectivity index (χ4v) is 5.03. The molecule has 2 fully saturated rings. The third kappa shape index (κ3) is 4.51. The molecule has 2 saturated heterocycles. The van der Waals surface area contributed by atoms with E-state index in [1.807, 2.05) is 37.3 Å². The summed E-state index contributed by atoms with van der Waals surface area (Å²) in [6, 6.07) is 14.1. The number of hydrogen-bond donors (Lipinski definition) is 4. The van der Waals surface area contributed by atoms with Crippen molar-refractivity contribution in [3.63, 3.8) is 0 Å². The zero-order valence-corrected chi connectivity index (χ0v) is 20.0. The Hall–Kier alpha value is -2.29. The van der Waals surface area contributed by atoms with Gasteiger partial charge in [0, 0.05) is 18.4 Å². The predicted molar refractivity (Wildman–Crippen MR) is 125 cm³/mol. The second-order valence-electron chi connectivity index (χ2n) is 10.2. The van der Waals surface area contributed by atoms with Gasteiger partial charge in [-0.25, -0.2) is 0 Å². The van der Waals surface area contributed by atoms with Gasteiger partial charge in [0.15, 0.2) is 11.4 Å². The molecule has 0 amide bonds. The fourth-order valence-electron chi connectivity index (χ4n) is 5.03. The third-order valence-electron chi connectivity index (χ3n) is 7.29. The van der Waals surface area contributed by atoms with Crippen molar-refractivity contribution in [2.24, 2.45) is 0 Å². The molecule has 0 saturated carbocycles. The van der Waals surface area contributed by atoms with Crippen LogP contribution in [0, 0.1) is 6.92 Å². The molecule has 184 valence electrons. The summed E-state index contributed by atoms with van der Waals surface area (Å²) < 4.78 is 12.4. The molecule has 0 aromatic heterocycles. The van der Waals surface area contributed by atoms with Crippen LogP contribution < -0.4 is 0 Å². The monoisotopic (exact) mass is 470 g/mol. The minimum Gasteiger partial charge on any atom is -0.481 e. The van der Waals surface area contributed by atoms with E-state index in [-0.39, 0.29) is 19.4 Å². The Labute approximate surface area is 200 Å². The highest BCUT2D eigenvalue weighted by Crippen LogP contribution is 2.53. The standard InChI is InChI=1S/C27H34O7/c1-17-7-12-21(27-15-22(28)24(31)26(34-27,16-33-27)25(2,3)32)14-20(17)13-19-10-8-18(9-11-19)5-4-6-23(29)30/h7-12,14,22,24,28,31-32H,4-6,13,15-16H2,1-3H3,(H,29,30)/t22-,24+,26+,27-/m1/s1. The van der Waals surface area contributed by atoms with Crippen LogP contribution in [0.25, 0.3) is 0 Å². The number of benzene rings is 2. The topological polar surface area (TPSA) is 116 Å². The number of carboxylic acid groups (broad SMARTS) is 1. The number of aliphatic hydroxyl groups excluding tert-OH is 2. The number of carbonyl (C=O) groups is 1. The summed E-state index contributed by atoms with van der Waals surface area (Å²) in [5.74, 6) is -2.02. The fraction of sp³-hybridized carbons (Fsp3) is 0.519. The van der Waals surface area contributed by atoms with Crippen LogP contribution in [0.4, 0.5) is 0 Å². The van der Waals surface area contributed by atoms with E-state index in [1.165, 1.54) is 0 Å². The van der Waals surface area contributed by atoms with Crippen LogP contribution in [0.3, 0.4) is 0 Å². The number of aryl methyl sites for hydroxylation is 2. The molecule has 2 aliphatic rings. The van der Waals surface area contributed by atoms with Crippen molar-refractivity contribution in [1.29, 1.82) is 0 Å². The van der Waals surface area contributed by atoms with Crippen LogP contribution in [0.15, 0.2) is 42.5 Å². The first-order valence-electron chi connectivity index (χ1n) is 11.8. The van der Waals surface area contributed by atoms with Crippen LogP contribution in [0.1, 0.15) is 60.9 Å². The van der Waals surface area contributed by atoms with E-state index >= 15 is 0 Å². The normalized spacial score (nSPS) is 28.8. The Balaban J connectivity index is 1.56. The molecule has 4 N–H and O–H groups in total.